The van der Waals surface area contributed by atoms with Gasteiger partial charge in [-0.2, -0.15) is 0 Å². The van der Waals surface area contributed by atoms with Crippen molar-refractivity contribution in [1.29, 1.82) is 0 Å². The minimum absolute atomic E-state index is 0.755. The first-order chi connectivity index (χ1) is 11.7. The number of rotatable bonds is 3. The maximum absolute atomic E-state index is 6.27. The molecule has 0 saturated carbocycles. The van der Waals surface area contributed by atoms with Crippen molar-refractivity contribution in [2.24, 2.45) is 0 Å². The van der Waals surface area contributed by atoms with Crippen molar-refractivity contribution in [3.63, 3.8) is 0 Å². The summed E-state index contributed by atoms with van der Waals surface area (Å²) in [5, 5.41) is 5.55. The minimum atomic E-state index is 0.755. The number of nitrogens with one attached hydrogen (secondary N) is 1. The molecule has 0 atom stereocenters. The Hall–Kier alpha value is -2.06. The maximum atomic E-state index is 6.27. The van der Waals surface area contributed by atoms with Gasteiger partial charge in [0.1, 0.15) is 0 Å². The number of nitrogens with zero attached hydrogens (tertiary/aromatic N) is 1. The first-order valence-electron chi connectivity index (χ1n) is 8.71. The third-order valence-corrected chi connectivity index (χ3v) is 5.06. The van der Waals surface area contributed by atoms with Crippen molar-refractivity contribution >= 4 is 33.9 Å². The van der Waals surface area contributed by atoms with Crippen LogP contribution in [0.5, 0.6) is 0 Å². The van der Waals surface area contributed by atoms with Crippen molar-refractivity contribution in [3.8, 4) is 0 Å². The molecule has 1 aromatic heterocycles. The zero-order valence-electron chi connectivity index (χ0n) is 13.9. The SMILES string of the molecule is CCc1cccc(Nc2c3c(nc4ccc(Cl)cc24)CCCC3)c1. The van der Waals surface area contributed by atoms with E-state index in [4.69, 9.17) is 16.6 Å². The Balaban J connectivity index is 1.89. The number of benzene rings is 2. The summed E-state index contributed by atoms with van der Waals surface area (Å²) in [6.45, 7) is 2.18. The van der Waals surface area contributed by atoms with E-state index in [2.05, 4.69) is 36.5 Å². The van der Waals surface area contributed by atoms with E-state index < -0.39 is 0 Å². The highest BCUT2D eigenvalue weighted by Gasteiger charge is 2.18. The second kappa shape index (κ2) is 6.45. The Morgan fingerprint density at radius 1 is 1.08 bits per heavy atom. The van der Waals surface area contributed by atoms with E-state index in [0.717, 1.165) is 40.9 Å². The molecule has 3 heteroatoms. The fourth-order valence-electron chi connectivity index (χ4n) is 3.55. The number of halogens is 1. The standard InChI is InChI=1S/C21H21ClN2/c1-2-14-6-5-7-16(12-14)23-21-17-8-3-4-9-19(17)24-20-11-10-15(22)13-18(20)21/h5-7,10-13H,2-4,8-9H2,1H3,(H,23,24). The quantitative estimate of drug-likeness (QED) is 0.627. The van der Waals surface area contributed by atoms with E-state index in [0.29, 0.717) is 0 Å². The van der Waals surface area contributed by atoms with Crippen LogP contribution < -0.4 is 5.32 Å². The highest BCUT2D eigenvalue weighted by atomic mass is 35.5. The van der Waals surface area contributed by atoms with Gasteiger partial charge in [0, 0.05) is 21.8 Å². The van der Waals surface area contributed by atoms with Gasteiger partial charge in [-0.3, -0.25) is 4.98 Å². The first-order valence-corrected chi connectivity index (χ1v) is 9.09. The topological polar surface area (TPSA) is 24.9 Å². The monoisotopic (exact) mass is 336 g/mol. The van der Waals surface area contributed by atoms with Crippen LogP contribution in [-0.4, -0.2) is 4.98 Å². The van der Waals surface area contributed by atoms with E-state index in [9.17, 15) is 0 Å². The van der Waals surface area contributed by atoms with E-state index in [1.54, 1.807) is 0 Å². The smallest absolute Gasteiger partial charge is 0.0727 e. The van der Waals surface area contributed by atoms with Crippen molar-refractivity contribution in [2.75, 3.05) is 5.32 Å². The molecule has 2 aromatic carbocycles. The molecule has 3 aromatic rings. The van der Waals surface area contributed by atoms with Crippen molar-refractivity contribution in [1.82, 2.24) is 4.98 Å². The van der Waals surface area contributed by atoms with Gasteiger partial charge in [0.15, 0.2) is 0 Å². The third-order valence-electron chi connectivity index (χ3n) is 4.83. The molecule has 0 fully saturated rings. The molecular formula is C21H21ClN2. The zero-order chi connectivity index (χ0) is 16.5. The molecule has 1 heterocycles. The van der Waals surface area contributed by atoms with Gasteiger partial charge in [0.25, 0.3) is 0 Å². The van der Waals surface area contributed by atoms with Crippen LogP contribution in [0.25, 0.3) is 10.9 Å². The Bertz CT molecular complexity index is 902. The van der Waals surface area contributed by atoms with Crippen molar-refractivity contribution in [2.45, 2.75) is 39.0 Å². The van der Waals surface area contributed by atoms with Crippen LogP contribution >= 0.6 is 11.6 Å². The molecule has 24 heavy (non-hydrogen) atoms. The first kappa shape index (κ1) is 15.5. The number of anilines is 2. The molecular weight excluding hydrogens is 316 g/mol. The Morgan fingerprint density at radius 3 is 2.83 bits per heavy atom. The molecule has 2 nitrogen and oxygen atoms in total. The van der Waals surface area contributed by atoms with Gasteiger partial charge in [-0.05, 0) is 73.6 Å². The van der Waals surface area contributed by atoms with Crippen LogP contribution in [0.4, 0.5) is 11.4 Å². The molecule has 0 saturated heterocycles. The normalized spacial score (nSPS) is 13.8. The highest BCUT2D eigenvalue weighted by Crippen LogP contribution is 2.36. The number of fused-ring (bicyclic) bond motifs is 2. The average molecular weight is 337 g/mol. The molecule has 122 valence electrons. The lowest BCUT2D eigenvalue weighted by atomic mass is 9.92. The summed E-state index contributed by atoms with van der Waals surface area (Å²) in [5.41, 5.74) is 7.28. The lowest BCUT2D eigenvalue weighted by Crippen LogP contribution is -2.09. The summed E-state index contributed by atoms with van der Waals surface area (Å²) in [6, 6.07) is 14.6. The summed E-state index contributed by atoms with van der Waals surface area (Å²) in [6.07, 6.45) is 5.64. The molecule has 0 bridgehead atoms. The third kappa shape index (κ3) is 2.87. The van der Waals surface area contributed by atoms with Crippen LogP contribution in [0.3, 0.4) is 0 Å². The van der Waals surface area contributed by atoms with E-state index in [-0.39, 0.29) is 0 Å². The summed E-state index contributed by atoms with van der Waals surface area (Å²) < 4.78 is 0. The summed E-state index contributed by atoms with van der Waals surface area (Å²) in [4.78, 5) is 4.89. The maximum Gasteiger partial charge on any atom is 0.0727 e. The molecule has 0 unspecified atom stereocenters. The fraction of sp³-hybridized carbons (Fsp3) is 0.286. The van der Waals surface area contributed by atoms with Gasteiger partial charge in [-0.1, -0.05) is 30.7 Å². The van der Waals surface area contributed by atoms with Crippen LogP contribution in [-0.2, 0) is 19.3 Å². The number of aryl methyl sites for hydroxylation is 2. The Labute approximate surface area is 147 Å². The molecule has 1 N–H and O–H groups in total. The van der Waals surface area contributed by atoms with Gasteiger partial charge in [0.2, 0.25) is 0 Å². The second-order valence-electron chi connectivity index (χ2n) is 6.46. The molecule has 4 rings (SSSR count). The van der Waals surface area contributed by atoms with Crippen molar-refractivity contribution < 1.29 is 0 Å². The van der Waals surface area contributed by atoms with E-state index >= 15 is 0 Å². The van der Waals surface area contributed by atoms with Gasteiger partial charge in [-0.15, -0.1) is 0 Å². The number of aromatic nitrogens is 1. The molecule has 1 aliphatic carbocycles. The molecule has 0 spiro atoms. The van der Waals surface area contributed by atoms with Crippen LogP contribution in [0, 0.1) is 0 Å². The Kier molecular flexibility index (Phi) is 4.15. The summed E-state index contributed by atoms with van der Waals surface area (Å²) in [7, 11) is 0. The lowest BCUT2D eigenvalue weighted by Gasteiger charge is -2.22. The Morgan fingerprint density at radius 2 is 1.96 bits per heavy atom. The largest absolute Gasteiger partial charge is 0.355 e. The molecule has 0 amide bonds. The average Bonchev–Trinajstić information content (AvgIpc) is 2.62. The predicted molar refractivity (Wildman–Crippen MR) is 102 cm³/mol. The second-order valence-corrected chi connectivity index (χ2v) is 6.90. The number of hydrogen-bond acceptors (Lipinski definition) is 2. The van der Waals surface area contributed by atoms with E-state index in [1.807, 2.05) is 18.2 Å². The number of hydrogen-bond donors (Lipinski definition) is 1. The predicted octanol–water partition coefficient (Wildman–Crippen LogP) is 6.07. The molecule has 1 aliphatic rings. The number of pyridine rings is 1. The highest BCUT2D eigenvalue weighted by molar-refractivity contribution is 6.31. The molecule has 0 radical (unpaired) electrons. The molecule has 0 aliphatic heterocycles. The van der Waals surface area contributed by atoms with Crippen LogP contribution in [0.2, 0.25) is 5.02 Å². The minimum Gasteiger partial charge on any atom is -0.355 e. The van der Waals surface area contributed by atoms with Crippen LogP contribution in [0.15, 0.2) is 42.5 Å². The van der Waals surface area contributed by atoms with E-state index in [1.165, 1.54) is 35.3 Å². The lowest BCUT2D eigenvalue weighted by molar-refractivity contribution is 0.672. The van der Waals surface area contributed by atoms with Crippen molar-refractivity contribution in [3.05, 3.63) is 64.3 Å². The van der Waals surface area contributed by atoms with Gasteiger partial charge >= 0.3 is 0 Å². The zero-order valence-corrected chi connectivity index (χ0v) is 14.7. The summed E-state index contributed by atoms with van der Waals surface area (Å²) >= 11 is 6.27. The van der Waals surface area contributed by atoms with Gasteiger partial charge in [-0.25, -0.2) is 0 Å². The summed E-state index contributed by atoms with van der Waals surface area (Å²) in [5.74, 6) is 0. The van der Waals surface area contributed by atoms with Gasteiger partial charge in [0.05, 0.1) is 11.2 Å². The van der Waals surface area contributed by atoms with Crippen LogP contribution in [0.1, 0.15) is 36.6 Å². The van der Waals surface area contributed by atoms with Gasteiger partial charge < -0.3 is 5.32 Å². The fourth-order valence-corrected chi connectivity index (χ4v) is 3.72.